The maximum atomic E-state index is 12.9. The van der Waals surface area contributed by atoms with Crippen molar-refractivity contribution >= 4 is 11.8 Å². The van der Waals surface area contributed by atoms with Gasteiger partial charge in [-0.3, -0.25) is 14.6 Å². The van der Waals surface area contributed by atoms with Crippen LogP contribution in [0.2, 0.25) is 0 Å². The molecule has 1 aromatic carbocycles. The largest absolute Gasteiger partial charge is 0.491 e. The van der Waals surface area contributed by atoms with E-state index < -0.39 is 0 Å². The van der Waals surface area contributed by atoms with E-state index in [9.17, 15) is 9.59 Å². The van der Waals surface area contributed by atoms with Crippen LogP contribution < -0.4 is 10.1 Å². The average molecular weight is 379 g/mol. The molecule has 1 aliphatic carbocycles. The van der Waals surface area contributed by atoms with E-state index in [1.54, 1.807) is 11.1 Å². The second-order valence-corrected chi connectivity index (χ2v) is 7.55. The molecule has 0 bridgehead atoms. The molecule has 2 amide bonds. The van der Waals surface area contributed by atoms with Crippen molar-refractivity contribution in [3.05, 3.63) is 58.9 Å². The number of fused-ring (bicyclic) bond motifs is 1. The minimum Gasteiger partial charge on any atom is -0.491 e. The first-order valence-corrected chi connectivity index (χ1v) is 9.84. The van der Waals surface area contributed by atoms with Gasteiger partial charge in [-0.25, -0.2) is 0 Å². The standard InChI is InChI=1S/C22H25N3O3/c1-15-2-5-17(13-23-15)22(27)25-10-11-28-20-8-3-16(12-18(20)14-25)4-9-21(26)24-19-6-7-19/h2-3,5,8,12-13,19H,4,6-7,9-11,14H2,1H3,(H,24,26). The Kier molecular flexibility index (Phi) is 5.28. The lowest BCUT2D eigenvalue weighted by molar-refractivity contribution is -0.121. The highest BCUT2D eigenvalue weighted by molar-refractivity contribution is 5.94. The molecule has 0 unspecified atom stereocenters. The Balaban J connectivity index is 1.44. The summed E-state index contributed by atoms with van der Waals surface area (Å²) in [6.07, 6.45) is 4.99. The number of carbonyl (C=O) groups is 2. The van der Waals surface area contributed by atoms with Crippen molar-refractivity contribution in [2.75, 3.05) is 13.2 Å². The van der Waals surface area contributed by atoms with Crippen molar-refractivity contribution in [2.24, 2.45) is 0 Å². The van der Waals surface area contributed by atoms with Crippen LogP contribution in [0, 0.1) is 6.92 Å². The topological polar surface area (TPSA) is 71.5 Å². The summed E-state index contributed by atoms with van der Waals surface area (Å²) in [4.78, 5) is 30.8. The van der Waals surface area contributed by atoms with Gasteiger partial charge in [0.05, 0.1) is 12.1 Å². The number of ether oxygens (including phenoxy) is 1. The number of rotatable bonds is 5. The van der Waals surface area contributed by atoms with E-state index in [2.05, 4.69) is 16.4 Å². The second kappa shape index (κ2) is 8.00. The zero-order valence-electron chi connectivity index (χ0n) is 16.1. The number of pyridine rings is 1. The van der Waals surface area contributed by atoms with E-state index in [0.29, 0.717) is 44.1 Å². The van der Waals surface area contributed by atoms with Crippen LogP contribution in [0.4, 0.5) is 0 Å². The molecule has 1 N–H and O–H groups in total. The Hall–Kier alpha value is -2.89. The number of benzene rings is 1. The molecule has 146 valence electrons. The van der Waals surface area contributed by atoms with Crippen molar-refractivity contribution in [3.8, 4) is 5.75 Å². The molecule has 0 saturated heterocycles. The number of amides is 2. The highest BCUT2D eigenvalue weighted by Crippen LogP contribution is 2.26. The molecule has 0 atom stereocenters. The smallest absolute Gasteiger partial charge is 0.255 e. The fourth-order valence-corrected chi connectivity index (χ4v) is 3.34. The van der Waals surface area contributed by atoms with Gasteiger partial charge < -0.3 is 15.0 Å². The Bertz CT molecular complexity index is 875. The van der Waals surface area contributed by atoms with Crippen molar-refractivity contribution < 1.29 is 14.3 Å². The van der Waals surface area contributed by atoms with E-state index in [1.165, 1.54) is 0 Å². The number of nitrogens with one attached hydrogen (secondary N) is 1. The first-order valence-electron chi connectivity index (χ1n) is 9.84. The van der Waals surface area contributed by atoms with Crippen LogP contribution in [0.15, 0.2) is 36.5 Å². The Morgan fingerprint density at radius 2 is 2.11 bits per heavy atom. The predicted molar refractivity (Wildman–Crippen MR) is 105 cm³/mol. The number of aromatic nitrogens is 1. The first-order chi connectivity index (χ1) is 13.6. The molecule has 2 aliphatic rings. The third-order valence-electron chi connectivity index (χ3n) is 5.13. The summed E-state index contributed by atoms with van der Waals surface area (Å²) in [5, 5.41) is 3.02. The van der Waals surface area contributed by atoms with Gasteiger partial charge in [-0.15, -0.1) is 0 Å². The van der Waals surface area contributed by atoms with Gasteiger partial charge in [0, 0.05) is 36.5 Å². The third kappa shape index (κ3) is 4.50. The molecule has 28 heavy (non-hydrogen) atoms. The zero-order chi connectivity index (χ0) is 19.5. The minimum atomic E-state index is -0.0434. The van der Waals surface area contributed by atoms with Gasteiger partial charge in [0.1, 0.15) is 12.4 Å². The number of hydrogen-bond acceptors (Lipinski definition) is 4. The Morgan fingerprint density at radius 3 is 2.86 bits per heavy atom. The number of hydrogen-bond donors (Lipinski definition) is 1. The molecule has 2 aromatic rings. The number of nitrogens with zero attached hydrogens (tertiary/aromatic N) is 2. The second-order valence-electron chi connectivity index (χ2n) is 7.55. The monoisotopic (exact) mass is 379 g/mol. The van der Waals surface area contributed by atoms with Crippen LogP contribution >= 0.6 is 0 Å². The molecule has 4 rings (SSSR count). The predicted octanol–water partition coefficient (Wildman–Crippen LogP) is 2.64. The van der Waals surface area contributed by atoms with E-state index >= 15 is 0 Å². The fraction of sp³-hybridized carbons (Fsp3) is 0.409. The summed E-state index contributed by atoms with van der Waals surface area (Å²) < 4.78 is 5.84. The fourth-order valence-electron chi connectivity index (χ4n) is 3.34. The summed E-state index contributed by atoms with van der Waals surface area (Å²) >= 11 is 0. The van der Waals surface area contributed by atoms with E-state index in [-0.39, 0.29) is 11.8 Å². The summed E-state index contributed by atoms with van der Waals surface area (Å²) in [7, 11) is 0. The maximum absolute atomic E-state index is 12.9. The van der Waals surface area contributed by atoms with Gasteiger partial charge in [0.15, 0.2) is 0 Å². The van der Waals surface area contributed by atoms with Crippen LogP contribution in [-0.4, -0.2) is 40.9 Å². The minimum absolute atomic E-state index is 0.0434. The van der Waals surface area contributed by atoms with Crippen LogP contribution in [0.1, 0.15) is 46.4 Å². The lowest BCUT2D eigenvalue weighted by Crippen LogP contribution is -2.32. The Morgan fingerprint density at radius 1 is 1.25 bits per heavy atom. The first kappa shape index (κ1) is 18.5. The van der Waals surface area contributed by atoms with Gasteiger partial charge in [-0.2, -0.15) is 0 Å². The van der Waals surface area contributed by atoms with Crippen LogP contribution in [-0.2, 0) is 17.8 Å². The summed E-state index contributed by atoms with van der Waals surface area (Å²) in [5.74, 6) is 0.874. The molecular formula is C22H25N3O3. The molecular weight excluding hydrogens is 354 g/mol. The molecule has 6 heteroatoms. The molecule has 1 saturated carbocycles. The molecule has 1 aliphatic heterocycles. The quantitative estimate of drug-likeness (QED) is 0.867. The van der Waals surface area contributed by atoms with Gasteiger partial charge in [-0.05, 0) is 49.9 Å². The van der Waals surface area contributed by atoms with Crippen molar-refractivity contribution in [3.63, 3.8) is 0 Å². The molecule has 6 nitrogen and oxygen atoms in total. The summed E-state index contributed by atoms with van der Waals surface area (Å²) in [6, 6.07) is 10.1. The van der Waals surface area contributed by atoms with E-state index in [4.69, 9.17) is 4.74 Å². The van der Waals surface area contributed by atoms with Crippen LogP contribution in [0.3, 0.4) is 0 Å². The lowest BCUT2D eigenvalue weighted by atomic mass is 10.0. The number of carbonyl (C=O) groups excluding carboxylic acids is 2. The van der Waals surface area contributed by atoms with Crippen molar-refractivity contribution in [1.29, 1.82) is 0 Å². The maximum Gasteiger partial charge on any atom is 0.255 e. The number of aryl methyl sites for hydroxylation is 2. The highest BCUT2D eigenvalue weighted by Gasteiger charge is 2.24. The lowest BCUT2D eigenvalue weighted by Gasteiger charge is -2.20. The summed E-state index contributed by atoms with van der Waals surface area (Å²) in [6.45, 7) is 3.38. The Labute approximate surface area is 164 Å². The molecule has 1 aromatic heterocycles. The van der Waals surface area contributed by atoms with Crippen LogP contribution in [0.5, 0.6) is 5.75 Å². The van der Waals surface area contributed by atoms with Crippen molar-refractivity contribution in [1.82, 2.24) is 15.2 Å². The molecule has 1 fully saturated rings. The normalized spacial score (nSPS) is 16.0. The van der Waals surface area contributed by atoms with Crippen LogP contribution in [0.25, 0.3) is 0 Å². The van der Waals surface area contributed by atoms with Gasteiger partial charge in [0.25, 0.3) is 5.91 Å². The summed E-state index contributed by atoms with van der Waals surface area (Å²) in [5.41, 5.74) is 3.53. The zero-order valence-corrected chi connectivity index (χ0v) is 16.1. The van der Waals surface area contributed by atoms with E-state index in [0.717, 1.165) is 35.4 Å². The molecule has 0 spiro atoms. The van der Waals surface area contributed by atoms with Gasteiger partial charge >= 0.3 is 0 Å². The van der Waals surface area contributed by atoms with Gasteiger partial charge in [0.2, 0.25) is 5.91 Å². The van der Waals surface area contributed by atoms with E-state index in [1.807, 2.05) is 31.2 Å². The SMILES string of the molecule is Cc1ccc(C(=O)N2CCOc3ccc(CCC(=O)NC4CC4)cc3C2)cn1. The molecule has 2 heterocycles. The van der Waals surface area contributed by atoms with Gasteiger partial charge in [-0.1, -0.05) is 12.1 Å². The van der Waals surface area contributed by atoms with Crippen molar-refractivity contribution in [2.45, 2.75) is 45.2 Å². The molecule has 0 radical (unpaired) electrons. The third-order valence-corrected chi connectivity index (χ3v) is 5.13. The highest BCUT2D eigenvalue weighted by atomic mass is 16.5. The average Bonchev–Trinajstić information content (AvgIpc) is 3.52.